The summed E-state index contributed by atoms with van der Waals surface area (Å²) < 4.78 is 9.53. The van der Waals surface area contributed by atoms with Gasteiger partial charge >= 0.3 is 0 Å². The fraction of sp³-hybridized carbons (Fsp3) is 0.390. The van der Waals surface area contributed by atoms with Gasteiger partial charge < -0.3 is 29.3 Å². The lowest BCUT2D eigenvalue weighted by Gasteiger charge is -2.39. The van der Waals surface area contributed by atoms with Crippen molar-refractivity contribution >= 4 is 40.9 Å². The van der Waals surface area contributed by atoms with E-state index in [9.17, 15) is 9.90 Å². The van der Waals surface area contributed by atoms with E-state index < -0.39 is 33.4 Å². The molecule has 3 saturated heterocycles. The number of thioether (sulfide) groups is 1. The second-order valence-corrected chi connectivity index (χ2v) is 15.5. The molecule has 3 aliphatic rings. The van der Waals surface area contributed by atoms with Crippen molar-refractivity contribution in [2.24, 2.45) is 11.8 Å². The molecule has 0 aromatic heterocycles. The van der Waals surface area contributed by atoms with Crippen LogP contribution in [0.5, 0.6) is 11.5 Å². The molecule has 3 amide bonds. The highest BCUT2D eigenvalue weighted by Gasteiger charge is 2.78. The molecule has 0 radical (unpaired) electrons. The van der Waals surface area contributed by atoms with E-state index in [0.717, 1.165) is 5.56 Å². The molecule has 1 N–H and O–H groups in total. The summed E-state index contributed by atoms with van der Waals surface area (Å²) in [4.78, 5) is 50.3. The molecule has 268 valence electrons. The van der Waals surface area contributed by atoms with Crippen LogP contribution in [0.3, 0.4) is 0 Å². The van der Waals surface area contributed by atoms with Crippen LogP contribution in [-0.4, -0.2) is 82.7 Å². The van der Waals surface area contributed by atoms with Gasteiger partial charge in [0, 0.05) is 29.2 Å². The number of hydrogen-bond donors (Lipinski definition) is 1. The van der Waals surface area contributed by atoms with Crippen molar-refractivity contribution in [2.45, 2.75) is 54.7 Å². The zero-order chi connectivity index (χ0) is 36.3. The molecule has 0 aliphatic carbocycles. The fourth-order valence-corrected chi connectivity index (χ4v) is 10.7. The van der Waals surface area contributed by atoms with Gasteiger partial charge in [0.1, 0.15) is 17.5 Å². The van der Waals surface area contributed by atoms with Crippen LogP contribution in [0.25, 0.3) is 0 Å². The second-order valence-electron chi connectivity index (χ2n) is 13.6. The van der Waals surface area contributed by atoms with E-state index in [1.54, 1.807) is 57.9 Å². The monoisotopic (exact) mass is 709 g/mol. The highest BCUT2D eigenvalue weighted by molar-refractivity contribution is 8.02. The molecule has 9 nitrogen and oxygen atoms in total. The Kier molecular flexibility index (Phi) is 10.6. The number of methoxy groups -OCH3 is 1. The normalized spacial score (nSPS) is 25.2. The largest absolute Gasteiger partial charge is 0.497 e. The van der Waals surface area contributed by atoms with Crippen LogP contribution in [0.1, 0.15) is 32.3 Å². The van der Waals surface area contributed by atoms with Crippen LogP contribution in [0.15, 0.2) is 104 Å². The molecule has 6 rings (SSSR count). The number of carbonyl (C=O) groups is 3. The molecule has 3 aromatic carbocycles. The minimum Gasteiger partial charge on any atom is -0.497 e. The van der Waals surface area contributed by atoms with Crippen molar-refractivity contribution in [3.63, 3.8) is 0 Å². The second kappa shape index (κ2) is 15.0. The highest BCUT2D eigenvalue weighted by Crippen LogP contribution is 2.72. The number of carbonyl (C=O) groups excluding carboxylic acids is 3. The van der Waals surface area contributed by atoms with Crippen LogP contribution >= 0.6 is 11.8 Å². The molecule has 10 heteroatoms. The van der Waals surface area contributed by atoms with Gasteiger partial charge in [-0.2, -0.15) is 0 Å². The van der Waals surface area contributed by atoms with Gasteiger partial charge in [0.15, 0.2) is 0 Å². The maximum atomic E-state index is 15.2. The summed E-state index contributed by atoms with van der Waals surface area (Å²) in [6, 6.07) is 22.7. The molecule has 1 spiro atoms. The Balaban J connectivity index is 1.45. The number of nitrogens with zero attached hydrogens (tertiary/aromatic N) is 3. The molecule has 3 aliphatic heterocycles. The van der Waals surface area contributed by atoms with Crippen molar-refractivity contribution in [2.75, 3.05) is 43.2 Å². The Morgan fingerprint density at radius 3 is 2.08 bits per heavy atom. The number of hydrogen-bond acceptors (Lipinski definition) is 7. The third kappa shape index (κ3) is 6.44. The van der Waals surface area contributed by atoms with E-state index in [1.807, 2.05) is 73.7 Å². The van der Waals surface area contributed by atoms with Gasteiger partial charge in [0.2, 0.25) is 11.8 Å². The standard InChI is InChI=1S/C41H47N3O6S/c1-6-24-42(29-16-20-33(21-17-29)50-8-3)37(46)34-35-38(47)44(31(27-45)26-28-12-10-9-11-13-28)36(41(35)23-22-40(34,4)51-41)39(48)43(25-7-2)30-14-18-32(49-5)19-15-30/h6-7,9-21,31,34-36,45H,1-2,8,22-27H2,3-5H3/t31-,34-,35+,36?,40+,41?/m1/s1. The first kappa shape index (κ1) is 36.3. The predicted octanol–water partition coefficient (Wildman–Crippen LogP) is 5.92. The molecule has 0 saturated carbocycles. The first-order chi connectivity index (χ1) is 24.7. The Morgan fingerprint density at radius 2 is 1.53 bits per heavy atom. The number of aliphatic hydroxyl groups excluding tert-OH is 1. The van der Waals surface area contributed by atoms with Gasteiger partial charge in [-0.1, -0.05) is 42.5 Å². The summed E-state index contributed by atoms with van der Waals surface area (Å²) in [5, 5.41) is 11.0. The molecule has 3 heterocycles. The topological polar surface area (TPSA) is 99.6 Å². The average Bonchev–Trinajstić information content (AvgIpc) is 3.72. The number of aliphatic hydroxyl groups is 1. The van der Waals surface area contributed by atoms with Gasteiger partial charge in [0.25, 0.3) is 5.91 Å². The van der Waals surface area contributed by atoms with Crippen molar-refractivity contribution < 1.29 is 29.0 Å². The van der Waals surface area contributed by atoms with E-state index in [4.69, 9.17) is 9.47 Å². The average molecular weight is 710 g/mol. The summed E-state index contributed by atoms with van der Waals surface area (Å²) in [7, 11) is 1.59. The number of likely N-dealkylation sites (tertiary alicyclic amines) is 1. The van der Waals surface area contributed by atoms with Gasteiger partial charge in [-0.15, -0.1) is 24.9 Å². The lowest BCUT2D eigenvalue weighted by Crippen LogP contribution is -2.58. The molecule has 3 aromatic rings. The lowest BCUT2D eigenvalue weighted by atomic mass is 9.66. The Morgan fingerprint density at radius 1 is 0.941 bits per heavy atom. The molecule has 2 unspecified atom stereocenters. The van der Waals surface area contributed by atoms with Gasteiger partial charge in [-0.3, -0.25) is 14.4 Å². The Labute approximate surface area is 304 Å². The Bertz CT molecular complexity index is 1750. The maximum absolute atomic E-state index is 15.2. The molecule has 51 heavy (non-hydrogen) atoms. The maximum Gasteiger partial charge on any atom is 0.251 e. The summed E-state index contributed by atoms with van der Waals surface area (Å²) in [6.07, 6.45) is 4.95. The van der Waals surface area contributed by atoms with Gasteiger partial charge in [0.05, 0.1) is 42.9 Å². The minimum absolute atomic E-state index is 0.177. The van der Waals surface area contributed by atoms with Crippen molar-refractivity contribution in [3.05, 3.63) is 110 Å². The van der Waals surface area contributed by atoms with E-state index in [0.29, 0.717) is 48.7 Å². The summed E-state index contributed by atoms with van der Waals surface area (Å²) >= 11 is 1.61. The predicted molar refractivity (Wildman–Crippen MR) is 202 cm³/mol. The van der Waals surface area contributed by atoms with Crippen LogP contribution in [0.2, 0.25) is 0 Å². The smallest absolute Gasteiger partial charge is 0.251 e. The summed E-state index contributed by atoms with van der Waals surface area (Å²) in [5.41, 5.74) is 2.26. The van der Waals surface area contributed by atoms with Gasteiger partial charge in [-0.25, -0.2) is 0 Å². The van der Waals surface area contributed by atoms with Crippen LogP contribution < -0.4 is 19.3 Å². The number of amides is 3. The molecule has 2 bridgehead atoms. The van der Waals surface area contributed by atoms with E-state index in [1.165, 1.54) is 0 Å². The van der Waals surface area contributed by atoms with Gasteiger partial charge in [-0.05, 0) is 87.2 Å². The molecular formula is C41H47N3O6S. The number of rotatable bonds is 15. The molecule has 6 atom stereocenters. The van der Waals surface area contributed by atoms with E-state index >= 15 is 9.59 Å². The number of ether oxygens (including phenoxy) is 2. The van der Waals surface area contributed by atoms with Crippen LogP contribution in [0.4, 0.5) is 11.4 Å². The summed E-state index contributed by atoms with van der Waals surface area (Å²) in [6.45, 7) is 12.5. The number of benzene rings is 3. The number of fused-ring (bicyclic) bond motifs is 1. The minimum atomic E-state index is -0.930. The SMILES string of the molecule is C=CCN(C(=O)C1N([C@@H](CO)Cc2ccccc2)C(=O)[C@@H]2[C@H](C(=O)N(CC=C)c3ccc(OCC)cc3)[C@]3(C)CCC12S3)c1ccc(OC)cc1. The molecule has 3 fully saturated rings. The zero-order valence-corrected chi connectivity index (χ0v) is 30.4. The number of anilines is 2. The lowest BCUT2D eigenvalue weighted by molar-refractivity contribution is -0.142. The first-order valence-electron chi connectivity index (χ1n) is 17.5. The van der Waals surface area contributed by atoms with Crippen LogP contribution in [-0.2, 0) is 20.8 Å². The summed E-state index contributed by atoms with van der Waals surface area (Å²) in [5.74, 6) is -0.836. The zero-order valence-electron chi connectivity index (χ0n) is 29.6. The third-order valence-electron chi connectivity index (χ3n) is 10.6. The van der Waals surface area contributed by atoms with Crippen molar-refractivity contribution in [1.29, 1.82) is 0 Å². The Hall–Kier alpha value is -4.54. The highest BCUT2D eigenvalue weighted by atomic mass is 32.2. The fourth-order valence-electron chi connectivity index (χ4n) is 8.42. The molecular weight excluding hydrogens is 663 g/mol. The van der Waals surface area contributed by atoms with Crippen molar-refractivity contribution in [1.82, 2.24) is 4.90 Å². The van der Waals surface area contributed by atoms with Crippen molar-refractivity contribution in [3.8, 4) is 11.5 Å². The quantitative estimate of drug-likeness (QED) is 0.196. The van der Waals surface area contributed by atoms with Crippen LogP contribution in [0, 0.1) is 11.8 Å². The first-order valence-corrected chi connectivity index (χ1v) is 18.4. The van der Waals surface area contributed by atoms with E-state index in [2.05, 4.69) is 20.1 Å². The third-order valence-corrected chi connectivity index (χ3v) is 12.6. The van der Waals surface area contributed by atoms with E-state index in [-0.39, 0.29) is 37.4 Å².